The Labute approximate surface area is 375 Å². The number of ether oxygens (including phenoxy) is 2. The van der Waals surface area contributed by atoms with Crippen molar-refractivity contribution in [1.29, 1.82) is 0 Å². The summed E-state index contributed by atoms with van der Waals surface area (Å²) >= 11 is 0. The number of aliphatic hydroxyl groups excluding tert-OH is 2. The summed E-state index contributed by atoms with van der Waals surface area (Å²) in [5.41, 5.74) is 7.73. The van der Waals surface area contributed by atoms with Crippen molar-refractivity contribution in [2.24, 2.45) is 51.2 Å². The van der Waals surface area contributed by atoms with E-state index in [-0.39, 0.29) is 57.9 Å². The number of aliphatic hydroxyl groups is 2. The lowest BCUT2D eigenvalue weighted by Crippen LogP contribution is -2.70. The van der Waals surface area contributed by atoms with Crippen LogP contribution in [0.3, 0.4) is 0 Å². The first-order chi connectivity index (χ1) is 30.0. The minimum Gasteiger partial charge on any atom is -0.392 e. The van der Waals surface area contributed by atoms with Gasteiger partial charge >= 0.3 is 0 Å². The van der Waals surface area contributed by atoms with E-state index in [1.807, 2.05) is 27.1 Å². The molecule has 7 aliphatic rings. The second kappa shape index (κ2) is 15.5. The molecule has 1 spiro atoms. The van der Waals surface area contributed by atoms with E-state index in [0.29, 0.717) is 31.1 Å². The first-order valence-corrected chi connectivity index (χ1v) is 24.8. The molecular formula is C54H75N3O6. The molecule has 9 heteroatoms. The van der Waals surface area contributed by atoms with Crippen LogP contribution in [0.1, 0.15) is 140 Å². The van der Waals surface area contributed by atoms with Crippen molar-refractivity contribution < 1.29 is 29.3 Å². The van der Waals surface area contributed by atoms with Gasteiger partial charge in [-0.05, 0) is 161 Å². The Bertz CT molecular complexity index is 2320. The molecule has 2 aromatic heterocycles. The Balaban J connectivity index is 1.09. The van der Waals surface area contributed by atoms with Gasteiger partial charge in [0.15, 0.2) is 5.78 Å². The molecule has 1 aromatic carbocycles. The standard InChI is InChI=1S/C54H75N3O6/c1-31-24-33(27-35(25-31)34-14-22-62-23-15-34)28-36-29-57(39-13-20-56-45(36)39)30-37-44-43(32(2)26-40(58)49-50(3,4)63-49)47(61)38-10-9-16-54(53(38,44)7)18-11-41-51(5,19-21-55-8)42(59)12-17-52(41,6)48(54)46(37)60/h13,20,24-25,27,29,32,34,37-38,40-41,46,48-49,55-56,58,60H,9-12,14-19,21-23,26,28,30H2,1-8H3/t32-,37+,38+,40-,41+,46-,48-,49-,51+,52-,53+,54+/m1/s1. The molecule has 9 nitrogen and oxygen atoms in total. The zero-order chi connectivity index (χ0) is 44.4. The number of carbonyl (C=O) groups is 2. The molecule has 0 amide bonds. The van der Waals surface area contributed by atoms with Gasteiger partial charge in [-0.2, -0.15) is 0 Å². The first kappa shape index (κ1) is 43.8. The average molecular weight is 862 g/mol. The highest BCUT2D eigenvalue weighted by Gasteiger charge is 2.76. The summed E-state index contributed by atoms with van der Waals surface area (Å²) in [6.07, 6.45) is 12.9. The number of aromatic amines is 1. The summed E-state index contributed by atoms with van der Waals surface area (Å²) in [4.78, 5) is 33.2. The predicted octanol–water partition coefficient (Wildman–Crippen LogP) is 9.00. The Morgan fingerprint density at radius 1 is 1.02 bits per heavy atom. The van der Waals surface area contributed by atoms with E-state index < -0.39 is 23.0 Å². The lowest BCUT2D eigenvalue weighted by molar-refractivity contribution is -0.245. The van der Waals surface area contributed by atoms with Crippen molar-refractivity contribution in [2.45, 2.75) is 162 Å². The van der Waals surface area contributed by atoms with Crippen LogP contribution in [-0.4, -0.2) is 82.0 Å². The number of aromatic nitrogens is 2. The molecule has 2 aliphatic heterocycles. The number of aryl methyl sites for hydroxylation is 1. The Morgan fingerprint density at radius 2 is 1.78 bits per heavy atom. The van der Waals surface area contributed by atoms with Crippen molar-refractivity contribution in [3.05, 3.63) is 70.1 Å². The molecule has 63 heavy (non-hydrogen) atoms. The predicted molar refractivity (Wildman–Crippen MR) is 246 cm³/mol. The molecule has 0 bridgehead atoms. The van der Waals surface area contributed by atoms with Crippen LogP contribution in [-0.2, 0) is 32.0 Å². The van der Waals surface area contributed by atoms with Crippen LogP contribution in [0, 0.1) is 58.2 Å². The van der Waals surface area contributed by atoms with Gasteiger partial charge in [-0.15, -0.1) is 0 Å². The number of carbonyl (C=O) groups excluding carboxylic acids is 2. The molecule has 5 aliphatic carbocycles. The fourth-order valence-corrected chi connectivity index (χ4v) is 16.5. The quantitative estimate of drug-likeness (QED) is 0.134. The number of epoxide rings is 1. The molecule has 342 valence electrons. The summed E-state index contributed by atoms with van der Waals surface area (Å²) in [7, 11) is 1.98. The number of fused-ring (bicyclic) bond motifs is 3. The Hall–Kier alpha value is -3.08. The topological polar surface area (TPSA) is 129 Å². The van der Waals surface area contributed by atoms with Gasteiger partial charge < -0.3 is 34.6 Å². The molecule has 4 N–H and O–H groups in total. The van der Waals surface area contributed by atoms with Gasteiger partial charge in [0, 0.05) is 67.7 Å². The number of hydrogen-bond donors (Lipinski definition) is 4. The van der Waals surface area contributed by atoms with Gasteiger partial charge in [0.2, 0.25) is 0 Å². The molecule has 10 rings (SSSR count). The third-order valence-electron chi connectivity index (χ3n) is 19.4. The number of benzene rings is 1. The highest BCUT2D eigenvalue weighted by Crippen LogP contribution is 2.79. The number of Topliss-reactive ketones (excluding diaryl/α,β-unsaturated/α-hetero) is 2. The van der Waals surface area contributed by atoms with Crippen molar-refractivity contribution in [2.75, 3.05) is 26.8 Å². The van der Waals surface area contributed by atoms with Crippen LogP contribution in [0.25, 0.3) is 11.0 Å². The van der Waals surface area contributed by atoms with E-state index in [2.05, 4.69) is 79.9 Å². The molecule has 4 heterocycles. The molecule has 0 unspecified atom stereocenters. The number of H-pyrrole nitrogens is 1. The number of nitrogens with zero attached hydrogens (tertiary/aromatic N) is 1. The monoisotopic (exact) mass is 862 g/mol. The van der Waals surface area contributed by atoms with Crippen molar-refractivity contribution >= 4 is 22.6 Å². The summed E-state index contributed by atoms with van der Waals surface area (Å²) in [6.45, 7) is 18.5. The number of hydrogen-bond acceptors (Lipinski definition) is 7. The smallest absolute Gasteiger partial charge is 0.163 e. The number of allylic oxidation sites excluding steroid dienone is 1. The van der Waals surface area contributed by atoms with Crippen molar-refractivity contribution in [1.82, 2.24) is 14.9 Å². The number of ketones is 2. The lowest BCUT2D eigenvalue weighted by atomic mass is 9.31. The SMILES string of the molecule is CNCC[C@]1(C)C(=O)CC[C@@]2(C)[C@H]3[C@H](O)[C@@H](Cn4cc(Cc5cc(C)cc(C6CCOCC6)c5)c5[nH]ccc54)C4=C([C@H](C)C[C@@H](O)[C@H]5OC5(C)C)C(=O)[C@@H]5CCC[C@@]3(CC[C@H]21)[C@]45C. The van der Waals surface area contributed by atoms with E-state index in [1.54, 1.807) is 0 Å². The van der Waals surface area contributed by atoms with Gasteiger partial charge in [0.1, 0.15) is 11.9 Å². The zero-order valence-electron chi connectivity index (χ0n) is 39.4. The van der Waals surface area contributed by atoms with E-state index >= 15 is 4.79 Å². The third kappa shape index (κ3) is 6.53. The van der Waals surface area contributed by atoms with Gasteiger partial charge in [0.25, 0.3) is 0 Å². The largest absolute Gasteiger partial charge is 0.392 e. The molecular weight excluding hydrogens is 787 g/mol. The lowest BCUT2D eigenvalue weighted by Gasteiger charge is -2.73. The summed E-state index contributed by atoms with van der Waals surface area (Å²) < 4.78 is 14.0. The Kier molecular flexibility index (Phi) is 10.8. The van der Waals surface area contributed by atoms with E-state index in [9.17, 15) is 15.0 Å². The second-order valence-electron chi connectivity index (χ2n) is 23.1. The van der Waals surface area contributed by atoms with Crippen LogP contribution < -0.4 is 5.32 Å². The fraction of sp³-hybridized carbons (Fsp3) is 0.704. The third-order valence-corrected chi connectivity index (χ3v) is 19.4. The molecule has 4 saturated carbocycles. The summed E-state index contributed by atoms with van der Waals surface area (Å²) in [5.74, 6) is 0.602. The van der Waals surface area contributed by atoms with Crippen molar-refractivity contribution in [3.8, 4) is 0 Å². The summed E-state index contributed by atoms with van der Waals surface area (Å²) in [5, 5.41) is 28.7. The molecule has 12 atom stereocenters. The zero-order valence-corrected chi connectivity index (χ0v) is 39.4. The van der Waals surface area contributed by atoms with E-state index in [0.717, 1.165) is 101 Å². The van der Waals surface area contributed by atoms with Crippen molar-refractivity contribution in [3.63, 3.8) is 0 Å². The minimum atomic E-state index is -0.705. The van der Waals surface area contributed by atoms with Gasteiger partial charge in [0.05, 0.1) is 28.8 Å². The van der Waals surface area contributed by atoms with E-state index in [4.69, 9.17) is 9.47 Å². The fourth-order valence-electron chi connectivity index (χ4n) is 16.5. The summed E-state index contributed by atoms with van der Waals surface area (Å²) in [6, 6.07) is 9.27. The minimum absolute atomic E-state index is 0.0614. The molecule has 0 radical (unpaired) electrons. The normalized spacial score (nSPS) is 38.4. The van der Waals surface area contributed by atoms with Gasteiger partial charge in [-0.3, -0.25) is 9.59 Å². The second-order valence-corrected chi connectivity index (χ2v) is 23.1. The van der Waals surface area contributed by atoms with E-state index in [1.165, 1.54) is 27.8 Å². The molecule has 2 saturated heterocycles. The van der Waals surface area contributed by atoms with Crippen LogP contribution in [0.4, 0.5) is 0 Å². The maximum atomic E-state index is 15.5. The first-order valence-electron chi connectivity index (χ1n) is 24.8. The van der Waals surface area contributed by atoms with Crippen LogP contribution in [0.2, 0.25) is 0 Å². The van der Waals surface area contributed by atoms with Crippen LogP contribution in [0.15, 0.2) is 47.8 Å². The molecule has 3 aromatic rings. The maximum Gasteiger partial charge on any atom is 0.163 e. The molecule has 6 fully saturated rings. The van der Waals surface area contributed by atoms with Crippen LogP contribution in [0.5, 0.6) is 0 Å². The van der Waals surface area contributed by atoms with Crippen LogP contribution >= 0.6 is 0 Å². The number of rotatable bonds is 12. The highest BCUT2D eigenvalue weighted by atomic mass is 16.6. The number of nitrogens with one attached hydrogen (secondary N) is 2. The van der Waals surface area contributed by atoms with Gasteiger partial charge in [-0.1, -0.05) is 57.9 Å². The van der Waals surface area contributed by atoms with Gasteiger partial charge in [-0.25, -0.2) is 0 Å². The maximum absolute atomic E-state index is 15.5. The Morgan fingerprint density at radius 3 is 2.51 bits per heavy atom. The average Bonchev–Trinajstić information content (AvgIpc) is 3.49. The highest BCUT2D eigenvalue weighted by molar-refractivity contribution is 6.03.